The largest absolute Gasteiger partial charge is 0.331 e. The van der Waals surface area contributed by atoms with Gasteiger partial charge in [0.25, 0.3) is 0 Å². The van der Waals surface area contributed by atoms with Crippen LogP contribution < -0.4 is 0 Å². The fraction of sp³-hybridized carbons (Fsp3) is 0.429. The normalized spacial score (nSPS) is 24.4. The summed E-state index contributed by atoms with van der Waals surface area (Å²) in [6.45, 7) is 0.562. The summed E-state index contributed by atoms with van der Waals surface area (Å²) in [4.78, 5) is 22.0. The summed E-state index contributed by atoms with van der Waals surface area (Å²) in [5.41, 5.74) is 0. The molecule has 0 aromatic rings. The van der Waals surface area contributed by atoms with E-state index in [-0.39, 0.29) is 6.04 Å². The van der Waals surface area contributed by atoms with E-state index in [1.54, 1.807) is 0 Å². The van der Waals surface area contributed by atoms with Crippen LogP contribution in [0.2, 0.25) is 0 Å². The monoisotopic (exact) mass is 139 g/mol. The lowest BCUT2D eigenvalue weighted by Gasteiger charge is -2.24. The zero-order valence-corrected chi connectivity index (χ0v) is 5.56. The molecule has 54 valence electrons. The molecule has 0 saturated heterocycles. The fourth-order valence-electron chi connectivity index (χ4n) is 0.958. The van der Waals surface area contributed by atoms with Crippen LogP contribution >= 0.6 is 0 Å². The molecule has 0 aromatic carbocycles. The second-order valence-corrected chi connectivity index (χ2v) is 2.21. The minimum absolute atomic E-state index is 0.234. The third-order valence-corrected chi connectivity index (χ3v) is 1.58. The van der Waals surface area contributed by atoms with E-state index < -0.39 is 0 Å². The van der Waals surface area contributed by atoms with E-state index in [4.69, 9.17) is 0 Å². The molecule has 0 bridgehead atoms. The topological polar surface area (TPSA) is 37.4 Å². The van der Waals surface area contributed by atoms with Gasteiger partial charge in [0, 0.05) is 6.54 Å². The molecule has 1 aliphatic rings. The van der Waals surface area contributed by atoms with Crippen molar-refractivity contribution in [2.24, 2.45) is 0 Å². The predicted octanol–water partition coefficient (Wildman–Crippen LogP) is -0.0278. The number of carbonyl (C=O) groups excluding carboxylic acids is 2. The Morgan fingerprint density at radius 1 is 1.40 bits per heavy atom. The Labute approximate surface area is 59.3 Å². The summed E-state index contributed by atoms with van der Waals surface area (Å²) < 4.78 is 0. The zero-order valence-electron chi connectivity index (χ0n) is 5.56. The van der Waals surface area contributed by atoms with Crippen molar-refractivity contribution in [3.05, 3.63) is 12.2 Å². The molecule has 1 amide bonds. The molecule has 0 spiro atoms. The second-order valence-electron chi connectivity index (χ2n) is 2.21. The molecule has 0 aliphatic carbocycles. The summed E-state index contributed by atoms with van der Waals surface area (Å²) >= 11 is 0. The number of hydrogen-bond acceptors (Lipinski definition) is 2. The van der Waals surface area contributed by atoms with Crippen molar-refractivity contribution < 1.29 is 9.59 Å². The van der Waals surface area contributed by atoms with Gasteiger partial charge in [-0.3, -0.25) is 4.79 Å². The Kier molecular flexibility index (Phi) is 2.20. The van der Waals surface area contributed by atoms with Gasteiger partial charge in [0.1, 0.15) is 6.29 Å². The molecule has 0 radical (unpaired) electrons. The van der Waals surface area contributed by atoms with E-state index in [9.17, 15) is 9.59 Å². The Balaban J connectivity index is 2.61. The lowest BCUT2D eigenvalue weighted by atomic mass is 10.1. The Morgan fingerprint density at radius 2 is 2.20 bits per heavy atom. The number of aldehydes is 1. The first kappa shape index (κ1) is 6.99. The molecule has 0 fully saturated rings. The first-order valence-electron chi connectivity index (χ1n) is 3.20. The molecule has 3 heteroatoms. The molecule has 0 N–H and O–H groups in total. The van der Waals surface area contributed by atoms with Crippen LogP contribution in [-0.4, -0.2) is 30.2 Å². The van der Waals surface area contributed by atoms with E-state index >= 15 is 0 Å². The van der Waals surface area contributed by atoms with Crippen molar-refractivity contribution in [2.45, 2.75) is 12.5 Å². The van der Waals surface area contributed by atoms with Gasteiger partial charge in [0.2, 0.25) is 6.41 Å². The smallest absolute Gasteiger partial charge is 0.210 e. The highest BCUT2D eigenvalue weighted by atomic mass is 16.1. The summed E-state index contributed by atoms with van der Waals surface area (Å²) in [5.74, 6) is 0. The van der Waals surface area contributed by atoms with E-state index in [0.717, 1.165) is 6.29 Å². The molecular weight excluding hydrogens is 130 g/mol. The summed E-state index contributed by atoms with van der Waals surface area (Å²) in [6.07, 6.45) is 5.97. The van der Waals surface area contributed by atoms with Gasteiger partial charge in [-0.15, -0.1) is 0 Å². The molecule has 10 heavy (non-hydrogen) atoms. The van der Waals surface area contributed by atoms with Crippen molar-refractivity contribution in [3.63, 3.8) is 0 Å². The van der Waals surface area contributed by atoms with Crippen LogP contribution in [-0.2, 0) is 9.59 Å². The first-order chi connectivity index (χ1) is 4.88. The predicted molar refractivity (Wildman–Crippen MR) is 36.4 cm³/mol. The molecule has 1 heterocycles. The highest BCUT2D eigenvalue weighted by Crippen LogP contribution is 2.05. The van der Waals surface area contributed by atoms with Gasteiger partial charge in [0.05, 0.1) is 6.04 Å². The van der Waals surface area contributed by atoms with Gasteiger partial charge >= 0.3 is 0 Å². The average Bonchev–Trinajstić information content (AvgIpc) is 2.04. The number of carbonyl (C=O) groups is 2. The summed E-state index contributed by atoms with van der Waals surface area (Å²) in [7, 11) is 0. The zero-order chi connectivity index (χ0) is 7.40. The molecule has 1 unspecified atom stereocenters. The molecule has 1 atom stereocenters. The van der Waals surface area contributed by atoms with Crippen LogP contribution in [0.3, 0.4) is 0 Å². The first-order valence-corrected chi connectivity index (χ1v) is 3.20. The van der Waals surface area contributed by atoms with Crippen molar-refractivity contribution in [2.75, 3.05) is 6.54 Å². The lowest BCUT2D eigenvalue weighted by molar-refractivity contribution is -0.125. The highest BCUT2D eigenvalue weighted by molar-refractivity contribution is 5.64. The van der Waals surface area contributed by atoms with Crippen LogP contribution in [0.15, 0.2) is 12.2 Å². The van der Waals surface area contributed by atoms with Crippen LogP contribution in [0.4, 0.5) is 0 Å². The van der Waals surface area contributed by atoms with Gasteiger partial charge < -0.3 is 9.69 Å². The molecule has 0 saturated carbocycles. The molecule has 1 aliphatic heterocycles. The lowest BCUT2D eigenvalue weighted by Crippen LogP contribution is -2.37. The van der Waals surface area contributed by atoms with Gasteiger partial charge in [-0.2, -0.15) is 0 Å². The van der Waals surface area contributed by atoms with Crippen LogP contribution in [0.5, 0.6) is 0 Å². The Bertz CT molecular complexity index is 147. The molecular formula is C7H9NO2. The third kappa shape index (κ3) is 1.23. The van der Waals surface area contributed by atoms with E-state index in [0.29, 0.717) is 19.4 Å². The van der Waals surface area contributed by atoms with Crippen molar-refractivity contribution in [3.8, 4) is 0 Å². The summed E-state index contributed by atoms with van der Waals surface area (Å²) in [5, 5.41) is 0. The van der Waals surface area contributed by atoms with Crippen molar-refractivity contribution >= 4 is 12.7 Å². The fourth-order valence-corrected chi connectivity index (χ4v) is 0.958. The van der Waals surface area contributed by atoms with Crippen LogP contribution in [0.1, 0.15) is 6.42 Å². The van der Waals surface area contributed by atoms with Crippen LogP contribution in [0, 0.1) is 0 Å². The highest BCUT2D eigenvalue weighted by Gasteiger charge is 2.15. The maximum absolute atomic E-state index is 10.3. The molecule has 0 aromatic heterocycles. The average molecular weight is 139 g/mol. The maximum Gasteiger partial charge on any atom is 0.210 e. The van der Waals surface area contributed by atoms with E-state index in [1.165, 1.54) is 4.90 Å². The molecule has 1 rings (SSSR count). The van der Waals surface area contributed by atoms with Crippen LogP contribution in [0.25, 0.3) is 0 Å². The summed E-state index contributed by atoms with van der Waals surface area (Å²) in [6, 6.07) is -0.234. The number of hydrogen-bond donors (Lipinski definition) is 0. The van der Waals surface area contributed by atoms with E-state index in [2.05, 4.69) is 0 Å². The second kappa shape index (κ2) is 3.15. The SMILES string of the molecule is O=CC1CC=CCN1C=O. The van der Waals surface area contributed by atoms with Gasteiger partial charge in [-0.05, 0) is 6.42 Å². The van der Waals surface area contributed by atoms with Crippen molar-refractivity contribution in [1.82, 2.24) is 4.90 Å². The Hall–Kier alpha value is -1.12. The van der Waals surface area contributed by atoms with E-state index in [1.807, 2.05) is 12.2 Å². The van der Waals surface area contributed by atoms with Gasteiger partial charge in [0.15, 0.2) is 0 Å². The Morgan fingerprint density at radius 3 is 2.70 bits per heavy atom. The number of rotatable bonds is 2. The maximum atomic E-state index is 10.3. The minimum atomic E-state index is -0.234. The standard InChI is InChI=1S/C7H9NO2/c9-5-7-3-1-2-4-8(7)6-10/h1-2,5-7H,3-4H2. The minimum Gasteiger partial charge on any atom is -0.331 e. The van der Waals surface area contributed by atoms with Crippen molar-refractivity contribution in [1.29, 1.82) is 0 Å². The molecule has 3 nitrogen and oxygen atoms in total. The van der Waals surface area contributed by atoms with Gasteiger partial charge in [-0.1, -0.05) is 12.2 Å². The number of amides is 1. The number of nitrogens with zero attached hydrogens (tertiary/aromatic N) is 1. The van der Waals surface area contributed by atoms with Gasteiger partial charge in [-0.25, -0.2) is 0 Å². The third-order valence-electron chi connectivity index (χ3n) is 1.58. The quantitative estimate of drug-likeness (QED) is 0.398.